The number of nitrogens with zero attached hydrogens (tertiary/aromatic N) is 2. The molecule has 2 heterocycles. The summed E-state index contributed by atoms with van der Waals surface area (Å²) in [5.74, 6) is -1.14. The second-order valence-corrected chi connectivity index (χ2v) is 9.06. The van der Waals surface area contributed by atoms with Gasteiger partial charge in [-0.1, -0.05) is 13.8 Å². The van der Waals surface area contributed by atoms with E-state index in [1.807, 2.05) is 19.9 Å². The molecule has 1 saturated heterocycles. The van der Waals surface area contributed by atoms with Gasteiger partial charge in [0, 0.05) is 19.5 Å². The summed E-state index contributed by atoms with van der Waals surface area (Å²) < 4.78 is 26.6. The van der Waals surface area contributed by atoms with Gasteiger partial charge in [-0.3, -0.25) is 4.79 Å². The molecule has 6 nitrogen and oxygen atoms in total. The first kappa shape index (κ1) is 15.9. The lowest BCUT2D eigenvalue weighted by atomic mass is 9.80. The molecule has 1 fully saturated rings. The quantitative estimate of drug-likeness (QED) is 0.907. The summed E-state index contributed by atoms with van der Waals surface area (Å²) in [5, 5.41) is 17.7. The van der Waals surface area contributed by atoms with Crippen molar-refractivity contribution in [2.75, 3.05) is 13.1 Å². The number of thiophene rings is 1. The van der Waals surface area contributed by atoms with E-state index in [9.17, 15) is 13.2 Å². The second-order valence-electron chi connectivity index (χ2n) is 5.81. The second kappa shape index (κ2) is 5.40. The number of carboxylic acids is 1. The van der Waals surface area contributed by atoms with E-state index in [1.165, 1.54) is 16.4 Å². The Kier molecular flexibility index (Phi) is 4.10. The minimum Gasteiger partial charge on any atom is -0.481 e. The van der Waals surface area contributed by atoms with Crippen LogP contribution >= 0.6 is 11.3 Å². The van der Waals surface area contributed by atoms with Crippen molar-refractivity contribution in [2.45, 2.75) is 24.5 Å². The Balaban J connectivity index is 2.26. The van der Waals surface area contributed by atoms with Crippen LogP contribution in [0.25, 0.3) is 0 Å². The van der Waals surface area contributed by atoms with Crippen LogP contribution in [-0.4, -0.2) is 36.9 Å². The average molecular weight is 328 g/mol. The van der Waals surface area contributed by atoms with Gasteiger partial charge >= 0.3 is 5.97 Å². The molecule has 8 heteroatoms. The molecule has 0 aromatic carbocycles. The van der Waals surface area contributed by atoms with Crippen molar-refractivity contribution in [3.8, 4) is 6.07 Å². The van der Waals surface area contributed by atoms with Crippen LogP contribution in [0.4, 0.5) is 0 Å². The van der Waals surface area contributed by atoms with Crippen molar-refractivity contribution in [3.63, 3.8) is 0 Å². The lowest BCUT2D eigenvalue weighted by Gasteiger charge is -2.23. The maximum Gasteiger partial charge on any atom is 0.303 e. The molecule has 1 aliphatic rings. The third-order valence-electron chi connectivity index (χ3n) is 3.82. The lowest BCUT2D eigenvalue weighted by Crippen LogP contribution is -2.29. The summed E-state index contributed by atoms with van der Waals surface area (Å²) in [4.78, 5) is 11.3. The molecule has 1 unspecified atom stereocenters. The van der Waals surface area contributed by atoms with Gasteiger partial charge in [0.25, 0.3) is 10.0 Å². The van der Waals surface area contributed by atoms with Gasteiger partial charge in [0.15, 0.2) is 0 Å². The zero-order valence-corrected chi connectivity index (χ0v) is 13.4. The zero-order chi connectivity index (χ0) is 15.8. The van der Waals surface area contributed by atoms with E-state index < -0.39 is 16.0 Å². The van der Waals surface area contributed by atoms with Crippen LogP contribution in [0.15, 0.2) is 16.3 Å². The van der Waals surface area contributed by atoms with E-state index in [4.69, 9.17) is 10.4 Å². The van der Waals surface area contributed by atoms with Gasteiger partial charge in [-0.25, -0.2) is 8.42 Å². The number of rotatable bonds is 4. The summed E-state index contributed by atoms with van der Waals surface area (Å²) in [7, 11) is -3.66. The molecule has 1 N–H and O–H groups in total. The maximum atomic E-state index is 12.6. The molecule has 1 atom stereocenters. The van der Waals surface area contributed by atoms with Gasteiger partial charge in [-0.15, -0.1) is 11.3 Å². The third kappa shape index (κ3) is 3.10. The molecule has 0 aliphatic carbocycles. The SMILES string of the molecule is CC1(C)CN(S(=O)(=O)c2ccc(C#N)s2)CC1CC(=O)O. The van der Waals surface area contributed by atoms with Crippen molar-refractivity contribution in [1.29, 1.82) is 5.26 Å². The minimum atomic E-state index is -3.66. The molecular weight excluding hydrogens is 312 g/mol. The van der Waals surface area contributed by atoms with Gasteiger partial charge in [-0.2, -0.15) is 9.57 Å². The Morgan fingerprint density at radius 3 is 2.76 bits per heavy atom. The number of hydrogen-bond donors (Lipinski definition) is 1. The highest BCUT2D eigenvalue weighted by Crippen LogP contribution is 2.40. The Hall–Kier alpha value is -1.43. The van der Waals surface area contributed by atoms with E-state index >= 15 is 0 Å². The monoisotopic (exact) mass is 328 g/mol. The first-order valence-electron chi connectivity index (χ1n) is 6.39. The molecular formula is C13H16N2O4S2. The number of aliphatic carboxylic acids is 1. The largest absolute Gasteiger partial charge is 0.481 e. The van der Waals surface area contributed by atoms with Gasteiger partial charge in [0.05, 0.1) is 0 Å². The fourth-order valence-corrected chi connectivity index (χ4v) is 5.44. The third-order valence-corrected chi connectivity index (χ3v) is 7.09. The molecule has 0 radical (unpaired) electrons. The molecule has 0 saturated carbocycles. The molecule has 1 aromatic rings. The fourth-order valence-electron chi connectivity index (χ4n) is 2.52. The van der Waals surface area contributed by atoms with Gasteiger partial charge in [0.1, 0.15) is 15.2 Å². The average Bonchev–Trinajstić information content (AvgIpc) is 2.95. The predicted octanol–water partition coefficient (Wildman–Crippen LogP) is 1.74. The van der Waals surface area contributed by atoms with Crippen LogP contribution in [0.1, 0.15) is 25.1 Å². The van der Waals surface area contributed by atoms with E-state index in [1.54, 1.807) is 0 Å². The molecule has 1 aromatic heterocycles. The Labute approximate surface area is 127 Å². The number of hydrogen-bond acceptors (Lipinski definition) is 5. The minimum absolute atomic E-state index is 0.0487. The maximum absolute atomic E-state index is 12.6. The number of carboxylic acid groups (broad SMARTS) is 1. The van der Waals surface area contributed by atoms with E-state index in [-0.39, 0.29) is 35.1 Å². The van der Waals surface area contributed by atoms with Crippen LogP contribution in [0.5, 0.6) is 0 Å². The van der Waals surface area contributed by atoms with Crippen LogP contribution in [0.2, 0.25) is 0 Å². The fraction of sp³-hybridized carbons (Fsp3) is 0.538. The van der Waals surface area contributed by atoms with Crippen molar-refractivity contribution in [2.24, 2.45) is 11.3 Å². The normalized spacial score (nSPS) is 22.0. The summed E-state index contributed by atoms with van der Waals surface area (Å²) in [6.07, 6.45) is -0.0487. The highest BCUT2D eigenvalue weighted by molar-refractivity contribution is 7.91. The van der Waals surface area contributed by atoms with Gasteiger partial charge in [0.2, 0.25) is 0 Å². The van der Waals surface area contributed by atoms with Crippen molar-refractivity contribution in [1.82, 2.24) is 4.31 Å². The standard InChI is InChI=1S/C13H16N2O4S2/c1-13(2)8-15(7-9(13)5-11(16)17)21(18,19)12-4-3-10(6-14)20-12/h3-4,9H,5,7-8H2,1-2H3,(H,16,17). The van der Waals surface area contributed by atoms with E-state index in [2.05, 4.69) is 0 Å². The molecule has 2 rings (SSSR count). The Morgan fingerprint density at radius 1 is 1.57 bits per heavy atom. The summed E-state index contributed by atoms with van der Waals surface area (Å²) in [6.45, 7) is 4.24. The van der Waals surface area contributed by atoms with Crippen LogP contribution < -0.4 is 0 Å². The number of nitriles is 1. The summed E-state index contributed by atoms with van der Waals surface area (Å²) >= 11 is 0.935. The Morgan fingerprint density at radius 2 is 2.24 bits per heavy atom. The zero-order valence-electron chi connectivity index (χ0n) is 11.7. The van der Waals surface area contributed by atoms with E-state index in [0.29, 0.717) is 4.88 Å². The first-order chi connectivity index (χ1) is 9.66. The first-order valence-corrected chi connectivity index (χ1v) is 8.64. The molecule has 0 spiro atoms. The number of sulfonamides is 1. The van der Waals surface area contributed by atoms with Crippen molar-refractivity contribution < 1.29 is 18.3 Å². The molecule has 1 aliphatic heterocycles. The van der Waals surface area contributed by atoms with E-state index in [0.717, 1.165) is 11.3 Å². The highest BCUT2D eigenvalue weighted by atomic mass is 32.2. The van der Waals surface area contributed by atoms with Crippen molar-refractivity contribution >= 4 is 27.3 Å². The molecule has 21 heavy (non-hydrogen) atoms. The van der Waals surface area contributed by atoms with Crippen molar-refractivity contribution in [3.05, 3.63) is 17.0 Å². The molecule has 0 amide bonds. The Bertz CT molecular complexity index is 700. The topological polar surface area (TPSA) is 98.5 Å². The predicted molar refractivity (Wildman–Crippen MR) is 77.3 cm³/mol. The van der Waals surface area contributed by atoms with Gasteiger partial charge in [-0.05, 0) is 23.5 Å². The summed E-state index contributed by atoms with van der Waals surface area (Å²) in [5.41, 5.74) is -0.388. The molecule has 0 bridgehead atoms. The van der Waals surface area contributed by atoms with Crippen LogP contribution in [0, 0.1) is 22.7 Å². The van der Waals surface area contributed by atoms with Gasteiger partial charge < -0.3 is 5.11 Å². The summed E-state index contributed by atoms with van der Waals surface area (Å²) in [6, 6.07) is 4.83. The lowest BCUT2D eigenvalue weighted by molar-refractivity contribution is -0.138. The van der Waals surface area contributed by atoms with Crippen LogP contribution in [0.3, 0.4) is 0 Å². The number of carbonyl (C=O) groups is 1. The smallest absolute Gasteiger partial charge is 0.303 e. The van der Waals surface area contributed by atoms with Crippen LogP contribution in [-0.2, 0) is 14.8 Å². The molecule has 114 valence electrons. The highest BCUT2D eigenvalue weighted by Gasteiger charge is 2.45.